The first-order valence-electron chi connectivity index (χ1n) is 7.91. The van der Waals surface area contributed by atoms with E-state index in [9.17, 15) is 4.79 Å². The van der Waals surface area contributed by atoms with Crippen LogP contribution in [0.15, 0.2) is 59.0 Å². The predicted molar refractivity (Wildman–Crippen MR) is 90.5 cm³/mol. The highest BCUT2D eigenvalue weighted by Crippen LogP contribution is 2.07. The summed E-state index contributed by atoms with van der Waals surface area (Å²) in [7, 11) is 0. The van der Waals surface area contributed by atoms with Crippen molar-refractivity contribution in [3.8, 4) is 0 Å². The van der Waals surface area contributed by atoms with Crippen molar-refractivity contribution < 1.29 is 9.21 Å². The zero-order valence-electron chi connectivity index (χ0n) is 13.5. The molecule has 24 heavy (non-hydrogen) atoms. The molecule has 0 unspecified atom stereocenters. The minimum absolute atomic E-state index is 0.00479. The quantitative estimate of drug-likeness (QED) is 0.757. The van der Waals surface area contributed by atoms with E-state index in [1.54, 1.807) is 0 Å². The van der Waals surface area contributed by atoms with Crippen molar-refractivity contribution in [2.45, 2.75) is 26.3 Å². The largest absolute Gasteiger partial charge is 0.417 e. The van der Waals surface area contributed by atoms with Gasteiger partial charge in [0.05, 0.1) is 0 Å². The number of aryl methyl sites for hydroxylation is 3. The molecule has 0 saturated heterocycles. The molecule has 0 radical (unpaired) electrons. The van der Waals surface area contributed by atoms with Gasteiger partial charge >= 0.3 is 11.8 Å². The minimum atomic E-state index is -0.353. The van der Waals surface area contributed by atoms with Gasteiger partial charge in [0.15, 0.2) is 0 Å². The number of hydrogen-bond acceptors (Lipinski definition) is 4. The Bertz CT molecular complexity index is 795. The van der Waals surface area contributed by atoms with Crippen molar-refractivity contribution in [1.29, 1.82) is 0 Å². The van der Waals surface area contributed by atoms with E-state index in [1.807, 2.05) is 61.5 Å². The molecule has 0 fully saturated rings. The summed E-state index contributed by atoms with van der Waals surface area (Å²) in [4.78, 5) is 12.1. The molecule has 0 aliphatic rings. The van der Waals surface area contributed by atoms with Crippen LogP contribution >= 0.6 is 0 Å². The van der Waals surface area contributed by atoms with Gasteiger partial charge in [-0.25, -0.2) is 0 Å². The fourth-order valence-electron chi connectivity index (χ4n) is 2.31. The number of hydrogen-bond donors (Lipinski definition) is 1. The van der Waals surface area contributed by atoms with E-state index in [0.717, 1.165) is 12.0 Å². The highest BCUT2D eigenvalue weighted by atomic mass is 16.4. The molecule has 0 spiro atoms. The van der Waals surface area contributed by atoms with E-state index in [2.05, 4.69) is 15.5 Å². The van der Waals surface area contributed by atoms with Crippen LogP contribution < -0.4 is 5.32 Å². The van der Waals surface area contributed by atoms with Gasteiger partial charge in [-0.1, -0.05) is 60.2 Å². The lowest BCUT2D eigenvalue weighted by atomic mass is 10.1. The van der Waals surface area contributed by atoms with Gasteiger partial charge in [0.25, 0.3) is 0 Å². The fourth-order valence-corrected chi connectivity index (χ4v) is 2.31. The molecule has 0 atom stereocenters. The standard InChI is InChI=1S/C19H19N3O2/c1-14-7-9-16(10-8-14)13-20-18(23)19-22-21-17(24-19)12-11-15-5-3-2-4-6-15/h2-10H,11-13H2,1H3,(H,20,23). The maximum absolute atomic E-state index is 12.1. The molecule has 5 heteroatoms. The summed E-state index contributed by atoms with van der Waals surface area (Å²) in [5.41, 5.74) is 3.41. The third-order valence-corrected chi connectivity index (χ3v) is 3.71. The summed E-state index contributed by atoms with van der Waals surface area (Å²) >= 11 is 0. The van der Waals surface area contributed by atoms with Crippen LogP contribution in [0.3, 0.4) is 0 Å². The molecule has 2 aromatic carbocycles. The third kappa shape index (κ3) is 4.29. The molecule has 122 valence electrons. The highest BCUT2D eigenvalue weighted by molar-refractivity contribution is 5.89. The fraction of sp³-hybridized carbons (Fsp3) is 0.211. The third-order valence-electron chi connectivity index (χ3n) is 3.71. The van der Waals surface area contributed by atoms with Crippen LogP contribution in [-0.4, -0.2) is 16.1 Å². The second kappa shape index (κ2) is 7.55. The number of carbonyl (C=O) groups excluding carboxylic acids is 1. The van der Waals surface area contributed by atoms with Crippen molar-refractivity contribution >= 4 is 5.91 Å². The van der Waals surface area contributed by atoms with Gasteiger partial charge in [-0.3, -0.25) is 4.79 Å². The SMILES string of the molecule is Cc1ccc(CNC(=O)c2nnc(CCc3ccccc3)o2)cc1. The Kier molecular flexibility index (Phi) is 5.01. The van der Waals surface area contributed by atoms with Crippen molar-refractivity contribution in [3.05, 3.63) is 83.1 Å². The van der Waals surface area contributed by atoms with Crippen LogP contribution in [0.5, 0.6) is 0 Å². The van der Waals surface area contributed by atoms with E-state index in [-0.39, 0.29) is 11.8 Å². The molecule has 5 nitrogen and oxygen atoms in total. The van der Waals surface area contributed by atoms with E-state index in [4.69, 9.17) is 4.42 Å². The Hall–Kier alpha value is -2.95. The number of benzene rings is 2. The lowest BCUT2D eigenvalue weighted by Gasteiger charge is -2.03. The Morgan fingerprint density at radius 3 is 2.46 bits per heavy atom. The van der Waals surface area contributed by atoms with Crippen molar-refractivity contribution in [1.82, 2.24) is 15.5 Å². The first-order chi connectivity index (χ1) is 11.7. The molecule has 1 N–H and O–H groups in total. The van der Waals surface area contributed by atoms with Gasteiger partial charge in [0.2, 0.25) is 5.89 Å². The summed E-state index contributed by atoms with van der Waals surface area (Å²) in [6, 6.07) is 18.0. The number of nitrogens with one attached hydrogen (secondary N) is 1. The molecular formula is C19H19N3O2. The van der Waals surface area contributed by atoms with Crippen LogP contribution in [0, 0.1) is 6.92 Å². The number of amides is 1. The van der Waals surface area contributed by atoms with Gasteiger partial charge in [-0.2, -0.15) is 0 Å². The Labute approximate surface area is 140 Å². The highest BCUT2D eigenvalue weighted by Gasteiger charge is 2.14. The molecular weight excluding hydrogens is 302 g/mol. The van der Waals surface area contributed by atoms with Gasteiger partial charge < -0.3 is 9.73 Å². The monoisotopic (exact) mass is 321 g/mol. The van der Waals surface area contributed by atoms with Gasteiger partial charge in [0.1, 0.15) is 0 Å². The average Bonchev–Trinajstić information content (AvgIpc) is 3.09. The normalized spacial score (nSPS) is 10.5. The molecule has 1 heterocycles. The van der Waals surface area contributed by atoms with E-state index in [0.29, 0.717) is 18.9 Å². The Morgan fingerprint density at radius 1 is 0.958 bits per heavy atom. The minimum Gasteiger partial charge on any atom is -0.417 e. The zero-order valence-corrected chi connectivity index (χ0v) is 13.5. The molecule has 0 saturated carbocycles. The summed E-state index contributed by atoms with van der Waals surface area (Å²) in [5, 5.41) is 10.6. The maximum Gasteiger partial charge on any atom is 0.309 e. The molecule has 3 aromatic rings. The molecule has 0 aliphatic carbocycles. The van der Waals surface area contributed by atoms with Gasteiger partial charge in [-0.05, 0) is 24.5 Å². The van der Waals surface area contributed by atoms with Crippen molar-refractivity contribution in [2.24, 2.45) is 0 Å². The van der Waals surface area contributed by atoms with Crippen LogP contribution in [0.1, 0.15) is 33.3 Å². The number of rotatable bonds is 6. The molecule has 3 rings (SSSR count). The summed E-state index contributed by atoms with van der Waals surface area (Å²) in [6.45, 7) is 2.46. The topological polar surface area (TPSA) is 68.0 Å². The maximum atomic E-state index is 12.1. The molecule has 1 amide bonds. The second-order valence-electron chi connectivity index (χ2n) is 5.65. The summed E-state index contributed by atoms with van der Waals surface area (Å²) < 4.78 is 5.44. The van der Waals surface area contributed by atoms with Crippen LogP contribution in [0.4, 0.5) is 0 Å². The Morgan fingerprint density at radius 2 is 1.71 bits per heavy atom. The lowest BCUT2D eigenvalue weighted by Crippen LogP contribution is -2.23. The first kappa shape index (κ1) is 15.9. The van der Waals surface area contributed by atoms with Crippen LogP contribution in [-0.2, 0) is 19.4 Å². The molecule has 0 aliphatic heterocycles. The summed E-state index contributed by atoms with van der Waals surface area (Å²) in [5.74, 6) is 0.124. The van der Waals surface area contributed by atoms with Crippen molar-refractivity contribution in [2.75, 3.05) is 0 Å². The van der Waals surface area contributed by atoms with E-state index >= 15 is 0 Å². The Balaban J connectivity index is 1.52. The number of carbonyl (C=O) groups is 1. The molecule has 1 aromatic heterocycles. The van der Waals surface area contributed by atoms with E-state index < -0.39 is 0 Å². The average molecular weight is 321 g/mol. The lowest BCUT2D eigenvalue weighted by molar-refractivity contribution is 0.0914. The van der Waals surface area contributed by atoms with E-state index in [1.165, 1.54) is 11.1 Å². The molecule has 0 bridgehead atoms. The van der Waals surface area contributed by atoms with Gasteiger partial charge in [0, 0.05) is 13.0 Å². The van der Waals surface area contributed by atoms with Crippen molar-refractivity contribution in [3.63, 3.8) is 0 Å². The first-order valence-corrected chi connectivity index (χ1v) is 7.91. The van der Waals surface area contributed by atoms with Crippen LogP contribution in [0.25, 0.3) is 0 Å². The van der Waals surface area contributed by atoms with Gasteiger partial charge in [-0.15, -0.1) is 10.2 Å². The number of nitrogens with zero attached hydrogens (tertiary/aromatic N) is 2. The number of aromatic nitrogens is 2. The predicted octanol–water partition coefficient (Wildman–Crippen LogP) is 3.09. The smallest absolute Gasteiger partial charge is 0.309 e. The zero-order chi connectivity index (χ0) is 16.8. The summed E-state index contributed by atoms with van der Waals surface area (Å²) in [6.07, 6.45) is 1.41. The van der Waals surface area contributed by atoms with Crippen LogP contribution in [0.2, 0.25) is 0 Å². The second-order valence-corrected chi connectivity index (χ2v) is 5.65.